The van der Waals surface area contributed by atoms with Gasteiger partial charge in [-0.25, -0.2) is 4.98 Å². The summed E-state index contributed by atoms with van der Waals surface area (Å²) in [6.07, 6.45) is 0. The minimum Gasteiger partial charge on any atom is -0.455 e. The topological polar surface area (TPSA) is 44.1 Å². The van der Waals surface area contributed by atoms with Crippen LogP contribution < -0.4 is 0 Å². The molecule has 0 bridgehead atoms. The van der Waals surface area contributed by atoms with Gasteiger partial charge in [-0.3, -0.25) is 4.57 Å². The fourth-order valence-electron chi connectivity index (χ4n) is 5.57. The molecule has 0 aliphatic heterocycles. The highest BCUT2D eigenvalue weighted by Gasteiger charge is 2.21. The van der Waals surface area contributed by atoms with Crippen LogP contribution in [0.25, 0.3) is 71.7 Å². The Bertz CT molecular complexity index is 2040. The maximum absolute atomic E-state index is 6.49. The van der Waals surface area contributed by atoms with Crippen molar-refractivity contribution in [3.8, 4) is 16.8 Å². The number of furan rings is 2. The zero-order valence-corrected chi connectivity index (χ0v) is 19.5. The number of aryl methyl sites for hydroxylation is 1. The van der Waals surface area contributed by atoms with Crippen molar-refractivity contribution in [2.24, 2.45) is 0 Å². The monoisotopic (exact) mass is 464 g/mol. The molecule has 0 amide bonds. The third-order valence-electron chi connectivity index (χ3n) is 7.13. The van der Waals surface area contributed by atoms with Gasteiger partial charge in [0.05, 0.1) is 16.6 Å². The maximum atomic E-state index is 6.49. The summed E-state index contributed by atoms with van der Waals surface area (Å²) in [6, 6.07) is 35.4. The molecule has 0 spiro atoms. The van der Waals surface area contributed by atoms with E-state index in [0.29, 0.717) is 0 Å². The van der Waals surface area contributed by atoms with Gasteiger partial charge >= 0.3 is 0 Å². The van der Waals surface area contributed by atoms with Crippen LogP contribution in [-0.2, 0) is 0 Å². The van der Waals surface area contributed by atoms with Gasteiger partial charge in [0.2, 0.25) is 0 Å². The predicted molar refractivity (Wildman–Crippen MR) is 146 cm³/mol. The zero-order valence-electron chi connectivity index (χ0n) is 19.5. The van der Waals surface area contributed by atoms with E-state index >= 15 is 0 Å². The zero-order chi connectivity index (χ0) is 23.8. The number of hydrogen-bond acceptors (Lipinski definition) is 3. The molecule has 5 aromatic carbocycles. The van der Waals surface area contributed by atoms with Crippen molar-refractivity contribution in [2.45, 2.75) is 6.92 Å². The van der Waals surface area contributed by atoms with Crippen LogP contribution in [-0.4, -0.2) is 9.55 Å². The van der Waals surface area contributed by atoms with E-state index < -0.39 is 0 Å². The van der Waals surface area contributed by atoms with E-state index in [2.05, 4.69) is 77.4 Å². The molecule has 0 unspecified atom stereocenters. The van der Waals surface area contributed by atoms with Crippen molar-refractivity contribution in [3.63, 3.8) is 0 Å². The highest BCUT2D eigenvalue weighted by atomic mass is 16.3. The Morgan fingerprint density at radius 2 is 1.25 bits per heavy atom. The molecule has 36 heavy (non-hydrogen) atoms. The fourth-order valence-corrected chi connectivity index (χ4v) is 5.57. The van der Waals surface area contributed by atoms with Crippen molar-refractivity contribution in [3.05, 3.63) is 109 Å². The molecule has 0 N–H and O–H groups in total. The highest BCUT2D eigenvalue weighted by Crippen LogP contribution is 2.44. The summed E-state index contributed by atoms with van der Waals surface area (Å²) in [5.74, 6) is 0.948. The average Bonchev–Trinajstić information content (AvgIpc) is 3.57. The molecule has 3 heterocycles. The molecule has 0 aliphatic rings. The standard InChI is InChI=1S/C32H20N2O2/c1-19-33-26-13-4-5-14-27(26)34(19)21-10-8-9-20(17-21)30-31-24(22-11-2-6-15-28(22)35-31)18-25-23-12-3-7-16-29(23)36-32(25)30/h2-18H,1H3. The van der Waals surface area contributed by atoms with E-state index in [1.807, 2.05) is 37.3 Å². The van der Waals surface area contributed by atoms with Gasteiger partial charge < -0.3 is 8.83 Å². The Morgan fingerprint density at radius 3 is 1.97 bits per heavy atom. The van der Waals surface area contributed by atoms with Gasteiger partial charge in [0.15, 0.2) is 0 Å². The van der Waals surface area contributed by atoms with Crippen LogP contribution in [0.2, 0.25) is 0 Å². The van der Waals surface area contributed by atoms with Gasteiger partial charge in [0.25, 0.3) is 0 Å². The molecule has 0 atom stereocenters. The van der Waals surface area contributed by atoms with Crippen molar-refractivity contribution in [1.82, 2.24) is 9.55 Å². The Balaban J connectivity index is 1.49. The minimum absolute atomic E-state index is 0.840. The molecule has 0 saturated heterocycles. The molecule has 4 nitrogen and oxygen atoms in total. The lowest BCUT2D eigenvalue weighted by molar-refractivity contribution is 0.658. The third-order valence-corrected chi connectivity index (χ3v) is 7.13. The summed E-state index contributed by atoms with van der Waals surface area (Å²) < 4.78 is 15.2. The largest absolute Gasteiger partial charge is 0.455 e. The van der Waals surface area contributed by atoms with Crippen molar-refractivity contribution >= 4 is 54.9 Å². The maximum Gasteiger partial charge on any atom is 0.147 e. The molecule has 4 heteroatoms. The van der Waals surface area contributed by atoms with Gasteiger partial charge in [-0.15, -0.1) is 0 Å². The first kappa shape index (κ1) is 19.5. The van der Waals surface area contributed by atoms with E-state index in [0.717, 1.165) is 77.5 Å². The van der Waals surface area contributed by atoms with E-state index in [1.165, 1.54) is 0 Å². The predicted octanol–water partition coefficient (Wildman–Crippen LogP) is 8.80. The van der Waals surface area contributed by atoms with Crippen LogP contribution in [0.1, 0.15) is 5.82 Å². The second-order valence-electron chi connectivity index (χ2n) is 9.23. The first-order valence-electron chi connectivity index (χ1n) is 12.1. The summed E-state index contributed by atoms with van der Waals surface area (Å²) in [5.41, 5.74) is 8.56. The second kappa shape index (κ2) is 7.09. The van der Waals surface area contributed by atoms with Gasteiger partial charge in [-0.2, -0.15) is 0 Å². The van der Waals surface area contributed by atoms with Crippen LogP contribution in [0, 0.1) is 6.92 Å². The number of nitrogens with zero attached hydrogens (tertiary/aromatic N) is 2. The average molecular weight is 465 g/mol. The number of aromatic nitrogens is 2. The Morgan fingerprint density at radius 1 is 0.611 bits per heavy atom. The van der Waals surface area contributed by atoms with E-state index in [4.69, 9.17) is 13.8 Å². The number of fused-ring (bicyclic) bond motifs is 7. The Hall–Kier alpha value is -4.83. The summed E-state index contributed by atoms with van der Waals surface area (Å²) in [4.78, 5) is 4.78. The second-order valence-corrected chi connectivity index (χ2v) is 9.23. The quantitative estimate of drug-likeness (QED) is 0.257. The van der Waals surface area contributed by atoms with Crippen molar-refractivity contribution < 1.29 is 8.83 Å². The number of para-hydroxylation sites is 4. The molecular weight excluding hydrogens is 444 g/mol. The molecule has 170 valence electrons. The first-order chi connectivity index (χ1) is 17.8. The molecule has 0 radical (unpaired) electrons. The number of rotatable bonds is 2. The van der Waals surface area contributed by atoms with Crippen LogP contribution in [0.15, 0.2) is 112 Å². The smallest absolute Gasteiger partial charge is 0.147 e. The molecule has 0 fully saturated rings. The van der Waals surface area contributed by atoms with E-state index in [-0.39, 0.29) is 0 Å². The lowest BCUT2D eigenvalue weighted by Crippen LogP contribution is -1.97. The number of imidazole rings is 1. The van der Waals surface area contributed by atoms with Crippen LogP contribution in [0.4, 0.5) is 0 Å². The fraction of sp³-hybridized carbons (Fsp3) is 0.0312. The summed E-state index contributed by atoms with van der Waals surface area (Å²) in [7, 11) is 0. The lowest BCUT2D eigenvalue weighted by atomic mass is 9.98. The molecule has 0 saturated carbocycles. The molecule has 8 rings (SSSR count). The summed E-state index contributed by atoms with van der Waals surface area (Å²) >= 11 is 0. The third kappa shape index (κ3) is 2.61. The van der Waals surface area contributed by atoms with Crippen LogP contribution in [0.5, 0.6) is 0 Å². The first-order valence-corrected chi connectivity index (χ1v) is 12.1. The number of benzene rings is 5. The lowest BCUT2D eigenvalue weighted by Gasteiger charge is -2.10. The van der Waals surface area contributed by atoms with Gasteiger partial charge in [-0.1, -0.05) is 60.7 Å². The van der Waals surface area contributed by atoms with E-state index in [9.17, 15) is 0 Å². The van der Waals surface area contributed by atoms with Crippen molar-refractivity contribution in [1.29, 1.82) is 0 Å². The Labute approximate surface area is 206 Å². The molecular formula is C32H20N2O2. The summed E-state index contributed by atoms with van der Waals surface area (Å²) in [6.45, 7) is 2.05. The normalized spacial score (nSPS) is 12.0. The van der Waals surface area contributed by atoms with Crippen LogP contribution in [0.3, 0.4) is 0 Å². The molecule has 3 aromatic heterocycles. The molecule has 8 aromatic rings. The van der Waals surface area contributed by atoms with Gasteiger partial charge in [0, 0.05) is 27.2 Å². The minimum atomic E-state index is 0.840. The number of hydrogen-bond donors (Lipinski definition) is 0. The highest BCUT2D eigenvalue weighted by molar-refractivity contribution is 6.22. The van der Waals surface area contributed by atoms with Crippen LogP contribution >= 0.6 is 0 Å². The summed E-state index contributed by atoms with van der Waals surface area (Å²) in [5, 5.41) is 4.39. The molecule has 0 aliphatic carbocycles. The Kier molecular flexibility index (Phi) is 3.84. The van der Waals surface area contributed by atoms with E-state index in [1.54, 1.807) is 0 Å². The van der Waals surface area contributed by atoms with Crippen molar-refractivity contribution in [2.75, 3.05) is 0 Å². The van der Waals surface area contributed by atoms with Gasteiger partial charge in [-0.05, 0) is 55.0 Å². The SMILES string of the molecule is Cc1nc2ccccc2n1-c1cccc(-c2c3oc4ccccc4c3cc3c2oc2ccccc23)c1. The van der Waals surface area contributed by atoms with Gasteiger partial charge in [0.1, 0.15) is 28.2 Å².